The molecule has 3 rings (SSSR count). The summed E-state index contributed by atoms with van der Waals surface area (Å²) in [5.74, 6) is -0.394. The Kier molecular flexibility index (Phi) is 8.15. The van der Waals surface area contributed by atoms with Gasteiger partial charge in [0.2, 0.25) is 0 Å². The van der Waals surface area contributed by atoms with Gasteiger partial charge in [0.25, 0.3) is 5.91 Å². The molecule has 1 amide bonds. The standard InChI is InChI=1S/C22H13Cl3N2OS2/c23-15-3-1-14(2-4-15)21(28)27-20(13-26)22(29-18-9-5-16(24)6-10-18)30-19-11-7-17(25)8-12-19/h1-12H,(H,27,28). The second-order valence-corrected chi connectivity index (χ2v) is 9.58. The summed E-state index contributed by atoms with van der Waals surface area (Å²) >= 11 is 20.6. The monoisotopic (exact) mass is 490 g/mol. The van der Waals surface area contributed by atoms with Crippen molar-refractivity contribution in [2.75, 3.05) is 0 Å². The molecule has 0 heterocycles. The van der Waals surface area contributed by atoms with E-state index in [1.54, 1.807) is 48.5 Å². The number of amides is 1. The predicted molar refractivity (Wildman–Crippen MR) is 126 cm³/mol. The fraction of sp³-hybridized carbons (Fsp3) is 0. The van der Waals surface area contributed by atoms with Crippen molar-refractivity contribution in [3.8, 4) is 6.07 Å². The Hall–Kier alpha value is -2.07. The summed E-state index contributed by atoms with van der Waals surface area (Å²) in [4.78, 5) is 14.4. The van der Waals surface area contributed by atoms with Gasteiger partial charge in [-0.15, -0.1) is 0 Å². The van der Waals surface area contributed by atoms with Crippen LogP contribution in [0.5, 0.6) is 0 Å². The molecular formula is C22H13Cl3N2OS2. The largest absolute Gasteiger partial charge is 0.312 e. The number of nitrogens with zero attached hydrogens (tertiary/aromatic N) is 1. The lowest BCUT2D eigenvalue weighted by Gasteiger charge is -2.12. The molecule has 0 fully saturated rings. The van der Waals surface area contributed by atoms with Crippen LogP contribution >= 0.6 is 58.3 Å². The highest BCUT2D eigenvalue weighted by molar-refractivity contribution is 8.22. The Morgan fingerprint density at radius 3 is 1.53 bits per heavy atom. The number of nitriles is 1. The van der Waals surface area contributed by atoms with Gasteiger partial charge in [0.1, 0.15) is 11.8 Å². The first kappa shape index (κ1) is 22.6. The van der Waals surface area contributed by atoms with Gasteiger partial charge >= 0.3 is 0 Å². The third kappa shape index (κ3) is 6.46. The SMILES string of the molecule is N#CC(NC(=O)c1ccc(Cl)cc1)=C(Sc1ccc(Cl)cc1)Sc1ccc(Cl)cc1. The van der Waals surface area contributed by atoms with Gasteiger partial charge in [-0.05, 0) is 72.8 Å². The van der Waals surface area contributed by atoms with Gasteiger partial charge in [-0.25, -0.2) is 0 Å². The minimum Gasteiger partial charge on any atom is -0.312 e. The first-order valence-electron chi connectivity index (χ1n) is 8.53. The Labute approximate surface area is 198 Å². The molecule has 0 aliphatic heterocycles. The van der Waals surface area contributed by atoms with E-state index in [1.807, 2.05) is 24.3 Å². The molecule has 0 aliphatic carbocycles. The van der Waals surface area contributed by atoms with Crippen LogP contribution in [0.25, 0.3) is 0 Å². The molecule has 0 unspecified atom stereocenters. The van der Waals surface area contributed by atoms with Crippen molar-refractivity contribution in [2.45, 2.75) is 9.79 Å². The lowest BCUT2D eigenvalue weighted by Crippen LogP contribution is -2.22. The molecule has 150 valence electrons. The molecule has 0 aromatic heterocycles. The molecule has 0 aliphatic rings. The third-order valence-corrected chi connectivity index (χ3v) is 6.76. The van der Waals surface area contributed by atoms with Gasteiger partial charge in [0.15, 0.2) is 0 Å². The minimum absolute atomic E-state index is 0.148. The molecule has 30 heavy (non-hydrogen) atoms. The highest BCUT2D eigenvalue weighted by atomic mass is 35.5. The summed E-state index contributed by atoms with van der Waals surface area (Å²) in [7, 11) is 0. The van der Waals surface area contributed by atoms with Crippen molar-refractivity contribution < 1.29 is 4.79 Å². The van der Waals surface area contributed by atoms with Crippen LogP contribution in [0.3, 0.4) is 0 Å². The molecule has 3 aromatic rings. The second kappa shape index (κ2) is 10.8. The predicted octanol–water partition coefficient (Wildman–Crippen LogP) is 7.65. The quantitative estimate of drug-likeness (QED) is 0.284. The van der Waals surface area contributed by atoms with Crippen molar-refractivity contribution >= 4 is 64.2 Å². The average Bonchev–Trinajstić information content (AvgIpc) is 2.75. The van der Waals surface area contributed by atoms with E-state index < -0.39 is 5.91 Å². The van der Waals surface area contributed by atoms with Gasteiger partial charge in [0, 0.05) is 30.4 Å². The molecular weight excluding hydrogens is 479 g/mol. The second-order valence-electron chi connectivity index (χ2n) is 5.85. The summed E-state index contributed by atoms with van der Waals surface area (Å²) in [6.07, 6.45) is 0. The van der Waals surface area contributed by atoms with Crippen LogP contribution in [-0.4, -0.2) is 5.91 Å². The fourth-order valence-corrected chi connectivity index (χ4v) is 4.75. The number of hydrogen-bond donors (Lipinski definition) is 1. The Morgan fingerprint density at radius 1 is 0.733 bits per heavy atom. The highest BCUT2D eigenvalue weighted by Crippen LogP contribution is 2.41. The molecule has 3 nitrogen and oxygen atoms in total. The van der Waals surface area contributed by atoms with Crippen LogP contribution in [0.2, 0.25) is 15.1 Å². The zero-order valence-corrected chi connectivity index (χ0v) is 19.1. The number of nitrogens with one attached hydrogen (secondary N) is 1. The van der Waals surface area contributed by atoms with Gasteiger partial charge in [0.05, 0.1) is 4.24 Å². The van der Waals surface area contributed by atoms with E-state index in [9.17, 15) is 10.1 Å². The maximum absolute atomic E-state index is 12.6. The van der Waals surface area contributed by atoms with Crippen molar-refractivity contribution in [3.63, 3.8) is 0 Å². The number of allylic oxidation sites excluding steroid dienone is 1. The van der Waals surface area contributed by atoms with Crippen molar-refractivity contribution in [2.24, 2.45) is 0 Å². The molecule has 0 saturated heterocycles. The minimum atomic E-state index is -0.394. The van der Waals surface area contributed by atoms with Crippen LogP contribution in [0.15, 0.2) is 92.5 Å². The number of halogens is 3. The van der Waals surface area contributed by atoms with E-state index in [0.29, 0.717) is 24.9 Å². The van der Waals surface area contributed by atoms with Gasteiger partial charge in [-0.2, -0.15) is 5.26 Å². The molecule has 0 spiro atoms. The number of rotatable bonds is 6. The summed E-state index contributed by atoms with van der Waals surface area (Å²) < 4.78 is 0.615. The number of benzene rings is 3. The van der Waals surface area contributed by atoms with Crippen molar-refractivity contribution in [1.29, 1.82) is 5.26 Å². The molecule has 0 saturated carbocycles. The van der Waals surface area contributed by atoms with E-state index in [-0.39, 0.29) is 5.70 Å². The zero-order chi connectivity index (χ0) is 21.5. The van der Waals surface area contributed by atoms with Crippen molar-refractivity contribution in [1.82, 2.24) is 5.32 Å². The highest BCUT2D eigenvalue weighted by Gasteiger charge is 2.15. The van der Waals surface area contributed by atoms with E-state index in [4.69, 9.17) is 34.8 Å². The number of hydrogen-bond acceptors (Lipinski definition) is 4. The van der Waals surface area contributed by atoms with Crippen LogP contribution < -0.4 is 5.32 Å². The molecule has 0 atom stereocenters. The Morgan fingerprint density at radius 2 is 1.13 bits per heavy atom. The maximum atomic E-state index is 12.6. The summed E-state index contributed by atoms with van der Waals surface area (Å²) in [6.45, 7) is 0. The third-order valence-electron chi connectivity index (χ3n) is 3.71. The normalized spacial score (nSPS) is 10.2. The lowest BCUT2D eigenvalue weighted by molar-refractivity contribution is 0.0967. The number of thioether (sulfide) groups is 2. The van der Waals surface area contributed by atoms with Crippen molar-refractivity contribution in [3.05, 3.63) is 103 Å². The molecule has 0 bridgehead atoms. The molecule has 3 aromatic carbocycles. The van der Waals surface area contributed by atoms with Crippen LogP contribution in [0, 0.1) is 11.3 Å². The summed E-state index contributed by atoms with van der Waals surface area (Å²) in [5.41, 5.74) is 0.550. The smallest absolute Gasteiger partial charge is 0.256 e. The number of carbonyl (C=O) groups excluding carboxylic acids is 1. The first-order chi connectivity index (χ1) is 14.4. The lowest BCUT2D eigenvalue weighted by atomic mass is 10.2. The summed E-state index contributed by atoms with van der Waals surface area (Å²) in [5, 5.41) is 14.2. The zero-order valence-electron chi connectivity index (χ0n) is 15.2. The molecule has 1 N–H and O–H groups in total. The van der Waals surface area contributed by atoms with E-state index in [1.165, 1.54) is 23.5 Å². The number of carbonyl (C=O) groups is 1. The van der Waals surface area contributed by atoms with Gasteiger partial charge < -0.3 is 5.32 Å². The van der Waals surface area contributed by atoms with Gasteiger partial charge in [-0.3, -0.25) is 4.79 Å². The Bertz CT molecular complexity index is 1060. The van der Waals surface area contributed by atoms with E-state index in [0.717, 1.165) is 9.79 Å². The fourth-order valence-electron chi connectivity index (χ4n) is 2.25. The average molecular weight is 492 g/mol. The molecule has 0 radical (unpaired) electrons. The topological polar surface area (TPSA) is 52.9 Å². The van der Waals surface area contributed by atoms with Gasteiger partial charge in [-0.1, -0.05) is 58.3 Å². The van der Waals surface area contributed by atoms with Crippen LogP contribution in [0.1, 0.15) is 10.4 Å². The maximum Gasteiger partial charge on any atom is 0.256 e. The Balaban J connectivity index is 1.92. The summed E-state index contributed by atoms with van der Waals surface area (Å²) in [6, 6.07) is 23.0. The molecule has 8 heteroatoms. The van der Waals surface area contributed by atoms with Crippen LogP contribution in [-0.2, 0) is 0 Å². The van der Waals surface area contributed by atoms with Crippen LogP contribution in [0.4, 0.5) is 0 Å². The van der Waals surface area contributed by atoms with E-state index >= 15 is 0 Å². The first-order valence-corrected chi connectivity index (χ1v) is 11.3. The van der Waals surface area contributed by atoms with E-state index in [2.05, 4.69) is 11.4 Å².